The molecule has 3 rings (SSSR count). The predicted molar refractivity (Wildman–Crippen MR) is 83.6 cm³/mol. The fraction of sp³-hybridized carbons (Fsp3) is 0.235. The van der Waals surface area contributed by atoms with Crippen molar-refractivity contribution in [2.75, 3.05) is 5.73 Å². The number of hydrogen-bond donors (Lipinski definition) is 1. The molecule has 21 heavy (non-hydrogen) atoms. The molecule has 0 radical (unpaired) electrons. The molecule has 0 saturated carbocycles. The van der Waals surface area contributed by atoms with E-state index >= 15 is 0 Å². The van der Waals surface area contributed by atoms with Crippen LogP contribution in [0.25, 0.3) is 11.0 Å². The molecular weight excluding hydrogens is 265 g/mol. The Labute approximate surface area is 123 Å². The lowest BCUT2D eigenvalue weighted by atomic mass is 10.1. The summed E-state index contributed by atoms with van der Waals surface area (Å²) in [7, 11) is 0. The molecule has 2 N–H and O–H groups in total. The summed E-state index contributed by atoms with van der Waals surface area (Å²) >= 11 is 0. The van der Waals surface area contributed by atoms with Crippen molar-refractivity contribution in [2.45, 2.75) is 26.3 Å². The molecule has 2 aromatic carbocycles. The number of rotatable bonds is 4. The van der Waals surface area contributed by atoms with Crippen molar-refractivity contribution in [3.63, 3.8) is 0 Å². The van der Waals surface area contributed by atoms with Gasteiger partial charge in [-0.25, -0.2) is 9.37 Å². The van der Waals surface area contributed by atoms with Gasteiger partial charge in [0.05, 0.1) is 11.0 Å². The van der Waals surface area contributed by atoms with Gasteiger partial charge in [-0.1, -0.05) is 19.1 Å². The second-order valence-electron chi connectivity index (χ2n) is 5.20. The minimum atomic E-state index is -0.237. The molecule has 0 spiro atoms. The number of halogens is 1. The molecule has 0 amide bonds. The van der Waals surface area contributed by atoms with Crippen molar-refractivity contribution in [3.8, 4) is 0 Å². The van der Waals surface area contributed by atoms with Gasteiger partial charge in [0.25, 0.3) is 0 Å². The van der Waals surface area contributed by atoms with Crippen molar-refractivity contribution >= 4 is 16.7 Å². The van der Waals surface area contributed by atoms with Crippen LogP contribution in [-0.2, 0) is 13.0 Å². The fourth-order valence-electron chi connectivity index (χ4n) is 2.63. The predicted octanol–water partition coefficient (Wildman–Crippen LogP) is 3.76. The second kappa shape index (κ2) is 5.56. The number of anilines is 1. The maximum Gasteiger partial charge on any atom is 0.127 e. The van der Waals surface area contributed by atoms with Gasteiger partial charge < -0.3 is 10.3 Å². The van der Waals surface area contributed by atoms with E-state index in [1.807, 2.05) is 18.2 Å². The molecule has 4 heteroatoms. The van der Waals surface area contributed by atoms with Crippen LogP contribution >= 0.6 is 0 Å². The molecule has 3 nitrogen and oxygen atoms in total. The average molecular weight is 283 g/mol. The standard InChI is InChI=1S/C17H18FN3/c1-2-9-21-16-6-4-3-5-15(16)20-17(21)11-12-10-13(19)7-8-14(12)18/h3-8,10H,2,9,11,19H2,1H3. The normalized spacial score (nSPS) is 11.1. The number of nitrogen functional groups attached to an aromatic ring is 1. The zero-order chi connectivity index (χ0) is 14.8. The maximum absolute atomic E-state index is 13.9. The zero-order valence-corrected chi connectivity index (χ0v) is 12.0. The lowest BCUT2D eigenvalue weighted by molar-refractivity contribution is 0.605. The highest BCUT2D eigenvalue weighted by atomic mass is 19.1. The first-order valence-corrected chi connectivity index (χ1v) is 7.17. The van der Waals surface area contributed by atoms with Crippen LogP contribution in [0.15, 0.2) is 42.5 Å². The number of fused-ring (bicyclic) bond motifs is 1. The zero-order valence-electron chi connectivity index (χ0n) is 12.0. The molecule has 0 fully saturated rings. The number of para-hydroxylation sites is 2. The van der Waals surface area contributed by atoms with E-state index < -0.39 is 0 Å². The monoisotopic (exact) mass is 283 g/mol. The maximum atomic E-state index is 13.9. The van der Waals surface area contributed by atoms with Crippen LogP contribution in [0.4, 0.5) is 10.1 Å². The van der Waals surface area contributed by atoms with Crippen LogP contribution in [-0.4, -0.2) is 9.55 Å². The highest BCUT2D eigenvalue weighted by molar-refractivity contribution is 5.76. The third kappa shape index (κ3) is 2.61. The van der Waals surface area contributed by atoms with E-state index in [0.717, 1.165) is 29.8 Å². The van der Waals surface area contributed by atoms with Crippen LogP contribution < -0.4 is 5.73 Å². The van der Waals surface area contributed by atoms with Crippen molar-refractivity contribution in [2.24, 2.45) is 0 Å². The van der Waals surface area contributed by atoms with Crippen LogP contribution in [0, 0.1) is 5.82 Å². The Morgan fingerprint density at radius 3 is 2.81 bits per heavy atom. The van der Waals surface area contributed by atoms with Crippen LogP contribution in [0.5, 0.6) is 0 Å². The number of aromatic nitrogens is 2. The van der Waals surface area contributed by atoms with Gasteiger partial charge in [0.1, 0.15) is 11.6 Å². The SMILES string of the molecule is CCCn1c(Cc2cc(N)ccc2F)nc2ccccc21. The first-order valence-electron chi connectivity index (χ1n) is 7.17. The van der Waals surface area contributed by atoms with Crippen molar-refractivity contribution in [1.82, 2.24) is 9.55 Å². The van der Waals surface area contributed by atoms with E-state index in [2.05, 4.69) is 22.5 Å². The Balaban J connectivity index is 2.07. The topological polar surface area (TPSA) is 43.8 Å². The highest BCUT2D eigenvalue weighted by Crippen LogP contribution is 2.21. The number of nitrogens with zero attached hydrogens (tertiary/aromatic N) is 2. The molecule has 108 valence electrons. The Morgan fingerprint density at radius 2 is 2.00 bits per heavy atom. The van der Waals surface area contributed by atoms with Crippen LogP contribution in [0.3, 0.4) is 0 Å². The Hall–Kier alpha value is -2.36. The number of benzene rings is 2. The molecule has 0 bridgehead atoms. The summed E-state index contributed by atoms with van der Waals surface area (Å²) < 4.78 is 16.1. The van der Waals surface area contributed by atoms with Gasteiger partial charge in [0.15, 0.2) is 0 Å². The molecule has 3 aromatic rings. The average Bonchev–Trinajstić information content (AvgIpc) is 2.81. The number of nitrogens with two attached hydrogens (primary N) is 1. The molecule has 0 unspecified atom stereocenters. The van der Waals surface area contributed by atoms with Gasteiger partial charge in [-0.2, -0.15) is 0 Å². The Kier molecular flexibility index (Phi) is 3.60. The van der Waals surface area contributed by atoms with E-state index in [4.69, 9.17) is 5.73 Å². The summed E-state index contributed by atoms with van der Waals surface area (Å²) in [4.78, 5) is 4.65. The Bertz CT molecular complexity index is 777. The quantitative estimate of drug-likeness (QED) is 0.741. The van der Waals surface area contributed by atoms with Crippen LogP contribution in [0.2, 0.25) is 0 Å². The summed E-state index contributed by atoms with van der Waals surface area (Å²) in [5.74, 6) is 0.641. The van der Waals surface area contributed by atoms with Crippen molar-refractivity contribution in [3.05, 3.63) is 59.7 Å². The van der Waals surface area contributed by atoms with Gasteiger partial charge in [-0.15, -0.1) is 0 Å². The molecule has 1 aromatic heterocycles. The van der Waals surface area contributed by atoms with E-state index in [0.29, 0.717) is 17.7 Å². The molecule has 0 aliphatic carbocycles. The largest absolute Gasteiger partial charge is 0.399 e. The van der Waals surface area contributed by atoms with Crippen molar-refractivity contribution in [1.29, 1.82) is 0 Å². The van der Waals surface area contributed by atoms with Gasteiger partial charge in [0.2, 0.25) is 0 Å². The highest BCUT2D eigenvalue weighted by Gasteiger charge is 2.12. The Morgan fingerprint density at radius 1 is 1.19 bits per heavy atom. The number of hydrogen-bond acceptors (Lipinski definition) is 2. The number of aryl methyl sites for hydroxylation is 1. The van der Waals surface area contributed by atoms with Crippen molar-refractivity contribution < 1.29 is 4.39 Å². The molecule has 1 heterocycles. The van der Waals surface area contributed by atoms with Gasteiger partial charge in [0, 0.05) is 18.7 Å². The van der Waals surface area contributed by atoms with Gasteiger partial charge >= 0.3 is 0 Å². The van der Waals surface area contributed by atoms with E-state index in [1.54, 1.807) is 12.1 Å². The first-order chi connectivity index (χ1) is 10.2. The summed E-state index contributed by atoms with van der Waals surface area (Å²) in [6.45, 7) is 3.00. The van der Waals surface area contributed by atoms with E-state index in [-0.39, 0.29) is 5.82 Å². The third-order valence-corrected chi connectivity index (χ3v) is 3.60. The fourth-order valence-corrected chi connectivity index (χ4v) is 2.63. The van der Waals surface area contributed by atoms with Crippen LogP contribution in [0.1, 0.15) is 24.7 Å². The van der Waals surface area contributed by atoms with E-state index in [1.165, 1.54) is 6.07 Å². The molecule has 0 atom stereocenters. The lowest BCUT2D eigenvalue weighted by Gasteiger charge is -2.09. The van der Waals surface area contributed by atoms with Gasteiger partial charge in [-0.05, 0) is 42.3 Å². The minimum Gasteiger partial charge on any atom is -0.399 e. The molecule has 0 saturated heterocycles. The summed E-state index contributed by atoms with van der Waals surface area (Å²) in [6.07, 6.45) is 1.46. The second-order valence-corrected chi connectivity index (χ2v) is 5.20. The smallest absolute Gasteiger partial charge is 0.127 e. The molecule has 0 aliphatic heterocycles. The van der Waals surface area contributed by atoms with Gasteiger partial charge in [-0.3, -0.25) is 0 Å². The molecular formula is C17H18FN3. The summed E-state index contributed by atoms with van der Waals surface area (Å²) in [5, 5.41) is 0. The summed E-state index contributed by atoms with van der Waals surface area (Å²) in [6, 6.07) is 12.7. The molecule has 0 aliphatic rings. The third-order valence-electron chi connectivity index (χ3n) is 3.60. The lowest BCUT2D eigenvalue weighted by Crippen LogP contribution is -2.05. The van der Waals surface area contributed by atoms with E-state index in [9.17, 15) is 4.39 Å². The summed E-state index contributed by atoms with van der Waals surface area (Å²) in [5.41, 5.74) is 8.96. The number of imidazole rings is 1. The first kappa shape index (κ1) is 13.6. The minimum absolute atomic E-state index is 0.237.